The number of nitrogens with one attached hydrogen (secondary N) is 1. The Hall–Kier alpha value is -3.74. The monoisotopic (exact) mass is 433 g/mol. The van der Waals surface area contributed by atoms with Gasteiger partial charge in [0.05, 0.1) is 0 Å². The second-order valence-electron chi connectivity index (χ2n) is 7.76. The standard InChI is InChI=1S/C25H24FN3O3/c26-21-10-8-19(9-11-21)24(30)20-5-3-13-29(16-20)25(31)28-22-6-1-7-23(14-22)32-17-18-4-2-12-27-15-18/h1-2,4,6-12,14-15,20H,3,5,13,16-17H2,(H,28,31). The predicted molar refractivity (Wildman–Crippen MR) is 119 cm³/mol. The van der Waals surface area contributed by atoms with Gasteiger partial charge in [-0.1, -0.05) is 12.1 Å². The number of carbonyl (C=O) groups is 2. The molecule has 1 aliphatic heterocycles. The number of carbonyl (C=O) groups excluding carboxylic acids is 2. The average Bonchev–Trinajstić information content (AvgIpc) is 2.84. The number of aromatic nitrogens is 1. The van der Waals surface area contributed by atoms with Crippen LogP contribution in [0.2, 0.25) is 0 Å². The maximum atomic E-state index is 13.1. The Morgan fingerprint density at radius 1 is 1.12 bits per heavy atom. The number of ketones is 1. The molecule has 1 atom stereocenters. The summed E-state index contributed by atoms with van der Waals surface area (Å²) in [7, 11) is 0. The molecule has 1 fully saturated rings. The fraction of sp³-hybridized carbons (Fsp3) is 0.240. The molecule has 3 aromatic rings. The van der Waals surface area contributed by atoms with Gasteiger partial charge in [0.15, 0.2) is 5.78 Å². The molecule has 1 saturated heterocycles. The molecule has 32 heavy (non-hydrogen) atoms. The molecule has 7 heteroatoms. The number of anilines is 1. The lowest BCUT2D eigenvalue weighted by Crippen LogP contribution is -2.44. The number of ether oxygens (including phenoxy) is 1. The average molecular weight is 433 g/mol. The van der Waals surface area contributed by atoms with Crippen LogP contribution in [-0.4, -0.2) is 34.8 Å². The maximum absolute atomic E-state index is 13.1. The van der Waals surface area contributed by atoms with Crippen molar-refractivity contribution in [2.75, 3.05) is 18.4 Å². The Labute approximate surface area is 186 Å². The van der Waals surface area contributed by atoms with E-state index in [1.165, 1.54) is 24.3 Å². The van der Waals surface area contributed by atoms with Crippen molar-refractivity contribution in [3.8, 4) is 5.75 Å². The number of likely N-dealkylation sites (tertiary alicyclic amines) is 1. The van der Waals surface area contributed by atoms with Gasteiger partial charge in [-0.15, -0.1) is 0 Å². The molecule has 0 saturated carbocycles. The van der Waals surface area contributed by atoms with Crippen LogP contribution < -0.4 is 10.1 Å². The van der Waals surface area contributed by atoms with E-state index in [0.29, 0.717) is 43.1 Å². The summed E-state index contributed by atoms with van der Waals surface area (Å²) in [6.45, 7) is 1.29. The highest BCUT2D eigenvalue weighted by atomic mass is 19.1. The predicted octanol–water partition coefficient (Wildman–Crippen LogP) is 4.93. The highest BCUT2D eigenvalue weighted by Gasteiger charge is 2.29. The van der Waals surface area contributed by atoms with Gasteiger partial charge in [-0.2, -0.15) is 0 Å². The van der Waals surface area contributed by atoms with E-state index in [9.17, 15) is 14.0 Å². The number of benzene rings is 2. The summed E-state index contributed by atoms with van der Waals surface area (Å²) < 4.78 is 18.9. The number of Topliss-reactive ketones (excluding diaryl/α,β-unsaturated/α-hetero) is 1. The van der Waals surface area contributed by atoms with Gasteiger partial charge in [0.1, 0.15) is 18.2 Å². The number of urea groups is 1. The number of rotatable bonds is 6. The van der Waals surface area contributed by atoms with Crippen LogP contribution in [0.15, 0.2) is 73.1 Å². The zero-order chi connectivity index (χ0) is 22.3. The van der Waals surface area contributed by atoms with Gasteiger partial charge in [-0.05, 0) is 55.3 Å². The summed E-state index contributed by atoms with van der Waals surface area (Å²) in [6, 6.07) is 16.3. The topological polar surface area (TPSA) is 71.5 Å². The molecule has 1 unspecified atom stereocenters. The highest BCUT2D eigenvalue weighted by Crippen LogP contribution is 2.23. The van der Waals surface area contributed by atoms with Crippen molar-refractivity contribution in [2.24, 2.45) is 5.92 Å². The first-order chi connectivity index (χ1) is 15.6. The Morgan fingerprint density at radius 3 is 2.75 bits per heavy atom. The summed E-state index contributed by atoms with van der Waals surface area (Å²) in [5.41, 5.74) is 2.04. The van der Waals surface area contributed by atoms with Gasteiger partial charge in [-0.3, -0.25) is 9.78 Å². The van der Waals surface area contributed by atoms with Gasteiger partial charge in [0.25, 0.3) is 0 Å². The molecule has 0 radical (unpaired) electrons. The third-order valence-corrected chi connectivity index (χ3v) is 5.42. The van der Waals surface area contributed by atoms with E-state index in [2.05, 4.69) is 10.3 Å². The normalized spacial score (nSPS) is 15.8. The molecule has 4 rings (SSSR count). The summed E-state index contributed by atoms with van der Waals surface area (Å²) in [6.07, 6.45) is 4.89. The smallest absolute Gasteiger partial charge is 0.321 e. The van der Waals surface area contributed by atoms with E-state index < -0.39 is 0 Å². The number of hydrogen-bond donors (Lipinski definition) is 1. The summed E-state index contributed by atoms with van der Waals surface area (Å²) in [5, 5.41) is 2.89. The SMILES string of the molecule is O=C(c1ccc(F)cc1)C1CCCN(C(=O)Nc2cccc(OCc3cccnc3)c2)C1. The van der Waals surface area contributed by atoms with E-state index >= 15 is 0 Å². The molecular formula is C25H24FN3O3. The molecule has 2 heterocycles. The first-order valence-electron chi connectivity index (χ1n) is 10.6. The Morgan fingerprint density at radius 2 is 1.97 bits per heavy atom. The van der Waals surface area contributed by atoms with Crippen molar-refractivity contribution in [2.45, 2.75) is 19.4 Å². The fourth-order valence-electron chi connectivity index (χ4n) is 3.74. The lowest BCUT2D eigenvalue weighted by molar-refractivity contribution is 0.0851. The van der Waals surface area contributed by atoms with E-state index in [-0.39, 0.29) is 23.5 Å². The van der Waals surface area contributed by atoms with Crippen molar-refractivity contribution in [1.82, 2.24) is 9.88 Å². The van der Waals surface area contributed by atoms with Crippen molar-refractivity contribution in [3.05, 3.63) is 90.0 Å². The summed E-state index contributed by atoms with van der Waals surface area (Å²) >= 11 is 0. The number of nitrogens with zero attached hydrogens (tertiary/aromatic N) is 2. The van der Waals surface area contributed by atoms with E-state index in [1.807, 2.05) is 24.3 Å². The van der Waals surface area contributed by atoms with Crippen molar-refractivity contribution in [3.63, 3.8) is 0 Å². The molecule has 0 spiro atoms. The largest absolute Gasteiger partial charge is 0.489 e. The highest BCUT2D eigenvalue weighted by molar-refractivity contribution is 5.98. The Kier molecular flexibility index (Phi) is 6.75. The van der Waals surface area contributed by atoms with Crippen LogP contribution in [-0.2, 0) is 6.61 Å². The maximum Gasteiger partial charge on any atom is 0.321 e. The van der Waals surface area contributed by atoms with E-state index in [4.69, 9.17) is 4.74 Å². The number of amides is 2. The molecule has 2 amide bonds. The van der Waals surface area contributed by atoms with Crippen molar-refractivity contribution < 1.29 is 18.7 Å². The number of pyridine rings is 1. The minimum Gasteiger partial charge on any atom is -0.489 e. The molecule has 1 N–H and O–H groups in total. The van der Waals surface area contributed by atoms with Crippen LogP contribution in [0.5, 0.6) is 5.75 Å². The van der Waals surface area contributed by atoms with Crippen LogP contribution in [0.25, 0.3) is 0 Å². The number of hydrogen-bond acceptors (Lipinski definition) is 4. The lowest BCUT2D eigenvalue weighted by atomic mass is 9.90. The molecular weight excluding hydrogens is 409 g/mol. The number of piperidine rings is 1. The third kappa shape index (κ3) is 5.49. The third-order valence-electron chi connectivity index (χ3n) is 5.42. The second-order valence-corrected chi connectivity index (χ2v) is 7.76. The summed E-state index contributed by atoms with van der Waals surface area (Å²) in [5.74, 6) is -0.102. The van der Waals surface area contributed by atoms with Gasteiger partial charge >= 0.3 is 6.03 Å². The minimum absolute atomic E-state index is 0.0618. The van der Waals surface area contributed by atoms with Gasteiger partial charge in [0, 0.05) is 54.3 Å². The Balaban J connectivity index is 1.35. The zero-order valence-corrected chi connectivity index (χ0v) is 17.5. The minimum atomic E-state index is -0.377. The zero-order valence-electron chi connectivity index (χ0n) is 17.5. The molecule has 1 aromatic heterocycles. The van der Waals surface area contributed by atoms with Crippen molar-refractivity contribution in [1.29, 1.82) is 0 Å². The van der Waals surface area contributed by atoms with Gasteiger partial charge < -0.3 is 15.0 Å². The van der Waals surface area contributed by atoms with Crippen LogP contribution in [0, 0.1) is 11.7 Å². The molecule has 2 aromatic carbocycles. The van der Waals surface area contributed by atoms with Gasteiger partial charge in [0.2, 0.25) is 0 Å². The quantitative estimate of drug-likeness (QED) is 0.560. The van der Waals surface area contributed by atoms with Crippen LogP contribution >= 0.6 is 0 Å². The van der Waals surface area contributed by atoms with Crippen LogP contribution in [0.3, 0.4) is 0 Å². The van der Waals surface area contributed by atoms with Gasteiger partial charge in [-0.25, -0.2) is 9.18 Å². The molecule has 0 bridgehead atoms. The van der Waals surface area contributed by atoms with Crippen LogP contribution in [0.4, 0.5) is 14.9 Å². The molecule has 0 aliphatic carbocycles. The molecule has 1 aliphatic rings. The molecule has 6 nitrogen and oxygen atoms in total. The van der Waals surface area contributed by atoms with Crippen molar-refractivity contribution >= 4 is 17.5 Å². The fourth-order valence-corrected chi connectivity index (χ4v) is 3.74. The van der Waals surface area contributed by atoms with Crippen LogP contribution in [0.1, 0.15) is 28.8 Å². The van der Waals surface area contributed by atoms with E-state index in [1.54, 1.807) is 29.4 Å². The molecule has 164 valence electrons. The lowest BCUT2D eigenvalue weighted by Gasteiger charge is -2.32. The number of halogens is 1. The summed E-state index contributed by atoms with van der Waals surface area (Å²) in [4.78, 5) is 31.3. The second kappa shape index (κ2) is 10.0. The Bertz CT molecular complexity index is 1070. The first kappa shape index (κ1) is 21.5. The van der Waals surface area contributed by atoms with E-state index in [0.717, 1.165) is 12.0 Å². The first-order valence-corrected chi connectivity index (χ1v) is 10.6.